The lowest BCUT2D eigenvalue weighted by Gasteiger charge is -2.17. The van der Waals surface area contributed by atoms with Gasteiger partial charge >= 0.3 is 0 Å². The molecule has 3 N–H and O–H groups in total. The molecule has 7 heteroatoms. The van der Waals surface area contributed by atoms with Gasteiger partial charge in [-0.05, 0) is 37.0 Å². The van der Waals surface area contributed by atoms with E-state index in [9.17, 15) is 4.79 Å². The highest BCUT2D eigenvalue weighted by Crippen LogP contribution is 2.29. The van der Waals surface area contributed by atoms with E-state index in [1.54, 1.807) is 6.20 Å². The van der Waals surface area contributed by atoms with Crippen molar-refractivity contribution in [3.8, 4) is 0 Å². The number of allylic oxidation sites excluding steroid dienone is 1. The minimum Gasteiger partial charge on any atom is -0.367 e. The van der Waals surface area contributed by atoms with Crippen LogP contribution in [0.2, 0.25) is 0 Å². The number of hydrogen-bond donors (Lipinski definition) is 3. The Kier molecular flexibility index (Phi) is 4.50. The number of carbonyl (C=O) groups excluding carboxylic acids is 1. The van der Waals surface area contributed by atoms with Gasteiger partial charge < -0.3 is 16.0 Å². The molecule has 2 aromatic heterocycles. The predicted molar refractivity (Wildman–Crippen MR) is 118 cm³/mol. The fraction of sp³-hybridized carbons (Fsp3) is 0.261. The van der Waals surface area contributed by atoms with Gasteiger partial charge in [0.05, 0.1) is 12.6 Å². The van der Waals surface area contributed by atoms with Gasteiger partial charge in [-0.2, -0.15) is 9.61 Å². The highest BCUT2D eigenvalue weighted by molar-refractivity contribution is 5.89. The summed E-state index contributed by atoms with van der Waals surface area (Å²) in [6, 6.07) is 12.9. The van der Waals surface area contributed by atoms with Crippen molar-refractivity contribution < 1.29 is 4.79 Å². The smallest absolute Gasteiger partial charge is 0.228 e. The number of nitrogens with zero attached hydrogens (tertiary/aromatic N) is 3. The van der Waals surface area contributed by atoms with Crippen LogP contribution < -0.4 is 16.0 Å². The maximum Gasteiger partial charge on any atom is 0.228 e. The maximum atomic E-state index is 11.7. The van der Waals surface area contributed by atoms with E-state index in [4.69, 9.17) is 4.98 Å². The first-order valence-electron chi connectivity index (χ1n) is 10.2. The van der Waals surface area contributed by atoms with Gasteiger partial charge in [-0.25, -0.2) is 4.98 Å². The second-order valence-electron chi connectivity index (χ2n) is 7.93. The third-order valence-corrected chi connectivity index (χ3v) is 5.45. The molecule has 7 nitrogen and oxygen atoms in total. The minimum atomic E-state index is -0.0363. The first kappa shape index (κ1) is 18.4. The molecule has 0 spiro atoms. The lowest BCUT2D eigenvalue weighted by molar-refractivity contribution is -0.118. The molecule has 1 amide bonds. The van der Waals surface area contributed by atoms with Gasteiger partial charge in [0, 0.05) is 29.4 Å². The Labute approximate surface area is 174 Å². The average Bonchev–Trinajstić information content (AvgIpc) is 3.37. The van der Waals surface area contributed by atoms with Crippen LogP contribution in [0.15, 0.2) is 60.4 Å². The third kappa shape index (κ3) is 3.66. The van der Waals surface area contributed by atoms with Gasteiger partial charge in [-0.1, -0.05) is 36.9 Å². The molecule has 3 aromatic rings. The van der Waals surface area contributed by atoms with E-state index in [-0.39, 0.29) is 11.9 Å². The fourth-order valence-corrected chi connectivity index (χ4v) is 3.64. The summed E-state index contributed by atoms with van der Waals surface area (Å²) in [5.74, 6) is 1.65. The van der Waals surface area contributed by atoms with Crippen molar-refractivity contribution in [2.24, 2.45) is 0 Å². The van der Waals surface area contributed by atoms with Crippen LogP contribution in [0.5, 0.6) is 0 Å². The molecule has 2 fully saturated rings. The number of carbonyl (C=O) groups is 1. The SMILES string of the molecule is C=C1NC(=O)C/C1=C\c1cnn2c(NC3CC3)cc(N[C@H](C)c3ccccc3)nc12. The number of benzene rings is 1. The van der Waals surface area contributed by atoms with E-state index in [1.165, 1.54) is 18.4 Å². The highest BCUT2D eigenvalue weighted by Gasteiger charge is 2.24. The molecule has 152 valence electrons. The Morgan fingerprint density at radius 3 is 2.80 bits per heavy atom. The monoisotopic (exact) mass is 400 g/mol. The molecule has 1 saturated carbocycles. The molecule has 2 aliphatic rings. The van der Waals surface area contributed by atoms with Crippen LogP contribution in [0.3, 0.4) is 0 Å². The summed E-state index contributed by atoms with van der Waals surface area (Å²) < 4.78 is 1.83. The summed E-state index contributed by atoms with van der Waals surface area (Å²) in [6.45, 7) is 6.05. The molecule has 1 atom stereocenters. The molecule has 0 bridgehead atoms. The van der Waals surface area contributed by atoms with E-state index in [2.05, 4.69) is 46.7 Å². The van der Waals surface area contributed by atoms with Crippen LogP contribution >= 0.6 is 0 Å². The van der Waals surface area contributed by atoms with E-state index in [0.29, 0.717) is 18.2 Å². The summed E-state index contributed by atoms with van der Waals surface area (Å²) >= 11 is 0. The Morgan fingerprint density at radius 2 is 2.10 bits per heavy atom. The normalized spacial score (nSPS) is 18.6. The van der Waals surface area contributed by atoms with Crippen molar-refractivity contribution in [2.45, 2.75) is 38.3 Å². The predicted octanol–water partition coefficient (Wildman–Crippen LogP) is 3.89. The number of rotatable bonds is 6. The quantitative estimate of drug-likeness (QED) is 0.585. The number of aromatic nitrogens is 3. The number of nitrogens with one attached hydrogen (secondary N) is 3. The average molecular weight is 400 g/mol. The summed E-state index contributed by atoms with van der Waals surface area (Å²) in [7, 11) is 0. The zero-order chi connectivity index (χ0) is 20.7. The van der Waals surface area contributed by atoms with Crippen molar-refractivity contribution >= 4 is 29.3 Å². The van der Waals surface area contributed by atoms with E-state index in [0.717, 1.165) is 28.4 Å². The van der Waals surface area contributed by atoms with E-state index in [1.807, 2.05) is 34.9 Å². The molecule has 1 aromatic carbocycles. The Balaban J connectivity index is 1.53. The zero-order valence-corrected chi connectivity index (χ0v) is 16.9. The number of hydrogen-bond acceptors (Lipinski definition) is 5. The first-order valence-corrected chi connectivity index (χ1v) is 10.2. The van der Waals surface area contributed by atoms with Gasteiger partial charge in [-0.3, -0.25) is 4.79 Å². The topological polar surface area (TPSA) is 83.4 Å². The number of anilines is 2. The number of fused-ring (bicyclic) bond motifs is 1. The molecule has 3 heterocycles. The van der Waals surface area contributed by atoms with Crippen LogP contribution in [0, 0.1) is 0 Å². The third-order valence-electron chi connectivity index (χ3n) is 5.45. The van der Waals surface area contributed by atoms with Crippen LogP contribution in [0.4, 0.5) is 11.6 Å². The standard InChI is InChI=1S/C23H24N6O/c1-14(16-6-4-3-5-7-16)25-20-12-21(27-19-8-9-19)29-23(28-20)18(13-24-29)10-17-11-22(30)26-15(17)2/h3-7,10,12-14,19,27H,2,8-9,11H2,1H3,(H,25,28)(H,26,30)/b17-10+/t14-/m1/s1. The summed E-state index contributed by atoms with van der Waals surface area (Å²) in [5, 5.41) is 14.4. The molecule has 1 aliphatic heterocycles. The van der Waals surface area contributed by atoms with Crippen LogP contribution in [0.1, 0.15) is 43.4 Å². The molecule has 0 unspecified atom stereocenters. The molecular weight excluding hydrogens is 376 g/mol. The van der Waals surface area contributed by atoms with Gasteiger partial charge in [0.15, 0.2) is 5.65 Å². The second kappa shape index (κ2) is 7.33. The summed E-state index contributed by atoms with van der Waals surface area (Å²) in [5.41, 5.74) is 4.30. The van der Waals surface area contributed by atoms with Crippen molar-refractivity contribution in [1.82, 2.24) is 19.9 Å². The summed E-state index contributed by atoms with van der Waals surface area (Å²) in [6.07, 6.45) is 6.39. The Morgan fingerprint density at radius 1 is 1.30 bits per heavy atom. The number of amides is 1. The lowest BCUT2D eigenvalue weighted by atomic mass is 10.1. The van der Waals surface area contributed by atoms with Crippen molar-refractivity contribution in [3.63, 3.8) is 0 Å². The second-order valence-corrected chi connectivity index (χ2v) is 7.93. The zero-order valence-electron chi connectivity index (χ0n) is 16.9. The fourth-order valence-electron chi connectivity index (χ4n) is 3.64. The van der Waals surface area contributed by atoms with E-state index < -0.39 is 0 Å². The Hall–Kier alpha value is -3.61. The van der Waals surface area contributed by atoms with Crippen molar-refractivity contribution in [3.05, 3.63) is 71.6 Å². The van der Waals surface area contributed by atoms with Gasteiger partial charge in [0.25, 0.3) is 0 Å². The molecule has 5 rings (SSSR count). The molecule has 30 heavy (non-hydrogen) atoms. The van der Waals surface area contributed by atoms with Crippen LogP contribution in [-0.4, -0.2) is 26.5 Å². The van der Waals surface area contributed by atoms with Gasteiger partial charge in [0.2, 0.25) is 5.91 Å². The largest absolute Gasteiger partial charge is 0.367 e. The minimum absolute atomic E-state index is 0.0363. The van der Waals surface area contributed by atoms with Crippen LogP contribution in [-0.2, 0) is 4.79 Å². The first-order chi connectivity index (χ1) is 14.6. The molecule has 1 saturated heterocycles. The van der Waals surface area contributed by atoms with Crippen LogP contribution in [0.25, 0.3) is 11.7 Å². The van der Waals surface area contributed by atoms with Crippen molar-refractivity contribution in [1.29, 1.82) is 0 Å². The highest BCUT2D eigenvalue weighted by atomic mass is 16.1. The lowest BCUT2D eigenvalue weighted by Crippen LogP contribution is -2.12. The molecule has 1 aliphatic carbocycles. The molecular formula is C23H24N6O. The molecule has 0 radical (unpaired) electrons. The van der Waals surface area contributed by atoms with Gasteiger partial charge in [-0.15, -0.1) is 0 Å². The summed E-state index contributed by atoms with van der Waals surface area (Å²) in [4.78, 5) is 16.5. The van der Waals surface area contributed by atoms with E-state index >= 15 is 0 Å². The van der Waals surface area contributed by atoms with Crippen molar-refractivity contribution in [2.75, 3.05) is 10.6 Å². The maximum absolute atomic E-state index is 11.7. The van der Waals surface area contributed by atoms with Gasteiger partial charge in [0.1, 0.15) is 11.6 Å². The Bertz CT molecular complexity index is 1160.